The SMILES string of the molecule is CCCNc1ncc(F)c(NC2CCCC(C)C2)n1. The first-order chi connectivity index (χ1) is 9.19. The highest BCUT2D eigenvalue weighted by molar-refractivity contribution is 5.41. The standard InChI is InChI=1S/C14H23FN4/c1-3-7-16-14-17-9-12(15)13(19-14)18-11-6-4-5-10(2)8-11/h9-11H,3-8H2,1-2H3,(H2,16,17,18,19). The summed E-state index contributed by atoms with van der Waals surface area (Å²) in [5.74, 6) is 1.15. The van der Waals surface area contributed by atoms with Crippen LogP contribution in [0.4, 0.5) is 16.2 Å². The third-order valence-electron chi connectivity index (χ3n) is 3.55. The monoisotopic (exact) mass is 266 g/mol. The normalized spacial score (nSPS) is 23.1. The first kappa shape index (κ1) is 14.0. The van der Waals surface area contributed by atoms with Gasteiger partial charge in [-0.25, -0.2) is 9.37 Å². The summed E-state index contributed by atoms with van der Waals surface area (Å²) in [6.45, 7) is 5.11. The van der Waals surface area contributed by atoms with Gasteiger partial charge in [-0.3, -0.25) is 0 Å². The number of aromatic nitrogens is 2. The lowest BCUT2D eigenvalue weighted by atomic mass is 9.87. The Morgan fingerprint density at radius 2 is 2.26 bits per heavy atom. The van der Waals surface area contributed by atoms with Crippen molar-refractivity contribution in [3.63, 3.8) is 0 Å². The van der Waals surface area contributed by atoms with Crippen LogP contribution in [0.5, 0.6) is 0 Å². The zero-order valence-electron chi connectivity index (χ0n) is 11.7. The second kappa shape index (κ2) is 6.68. The number of rotatable bonds is 5. The Kier molecular flexibility index (Phi) is 4.93. The Labute approximate surface area is 114 Å². The van der Waals surface area contributed by atoms with E-state index in [9.17, 15) is 4.39 Å². The van der Waals surface area contributed by atoms with Crippen LogP contribution < -0.4 is 10.6 Å². The molecule has 5 heteroatoms. The summed E-state index contributed by atoms with van der Waals surface area (Å²) in [7, 11) is 0. The third-order valence-corrected chi connectivity index (χ3v) is 3.55. The summed E-state index contributed by atoms with van der Waals surface area (Å²) in [6, 6.07) is 0.326. The lowest BCUT2D eigenvalue weighted by molar-refractivity contribution is 0.357. The van der Waals surface area contributed by atoms with Gasteiger partial charge in [0.25, 0.3) is 0 Å². The quantitative estimate of drug-likeness (QED) is 0.857. The first-order valence-electron chi connectivity index (χ1n) is 7.22. The average Bonchev–Trinajstić information content (AvgIpc) is 2.40. The van der Waals surface area contributed by atoms with Crippen molar-refractivity contribution in [1.82, 2.24) is 9.97 Å². The number of hydrogen-bond acceptors (Lipinski definition) is 4. The highest BCUT2D eigenvalue weighted by Crippen LogP contribution is 2.26. The second-order valence-corrected chi connectivity index (χ2v) is 5.43. The lowest BCUT2D eigenvalue weighted by Crippen LogP contribution is -2.27. The molecule has 1 heterocycles. The molecule has 1 fully saturated rings. The minimum absolute atomic E-state index is 0.326. The molecule has 1 aliphatic rings. The molecule has 0 bridgehead atoms. The van der Waals surface area contributed by atoms with Crippen LogP contribution in [0.2, 0.25) is 0 Å². The fraction of sp³-hybridized carbons (Fsp3) is 0.714. The molecule has 0 radical (unpaired) electrons. The third kappa shape index (κ3) is 4.04. The molecule has 106 valence electrons. The lowest BCUT2D eigenvalue weighted by Gasteiger charge is -2.28. The number of nitrogens with one attached hydrogen (secondary N) is 2. The van der Waals surface area contributed by atoms with Crippen LogP contribution in [-0.2, 0) is 0 Å². The van der Waals surface area contributed by atoms with E-state index >= 15 is 0 Å². The van der Waals surface area contributed by atoms with E-state index in [1.165, 1.54) is 19.0 Å². The van der Waals surface area contributed by atoms with Gasteiger partial charge in [-0.1, -0.05) is 26.7 Å². The number of anilines is 2. The molecule has 19 heavy (non-hydrogen) atoms. The minimum atomic E-state index is -0.375. The van der Waals surface area contributed by atoms with E-state index in [2.05, 4.69) is 34.4 Å². The molecule has 2 rings (SSSR count). The van der Waals surface area contributed by atoms with E-state index in [0.29, 0.717) is 23.7 Å². The summed E-state index contributed by atoms with van der Waals surface area (Å²) in [5.41, 5.74) is 0. The first-order valence-corrected chi connectivity index (χ1v) is 7.22. The highest BCUT2D eigenvalue weighted by atomic mass is 19.1. The van der Waals surface area contributed by atoms with Crippen molar-refractivity contribution >= 4 is 11.8 Å². The summed E-state index contributed by atoms with van der Waals surface area (Å²) >= 11 is 0. The van der Waals surface area contributed by atoms with Gasteiger partial charge in [0.05, 0.1) is 6.20 Å². The Hall–Kier alpha value is -1.39. The van der Waals surface area contributed by atoms with Gasteiger partial charge in [-0.2, -0.15) is 4.98 Å². The predicted molar refractivity (Wildman–Crippen MR) is 75.8 cm³/mol. The molecule has 0 saturated heterocycles. The molecule has 2 atom stereocenters. The van der Waals surface area contributed by atoms with Crippen LogP contribution in [0.15, 0.2) is 6.20 Å². The Morgan fingerprint density at radius 3 is 3.00 bits per heavy atom. The number of nitrogens with zero attached hydrogens (tertiary/aromatic N) is 2. The molecule has 1 aromatic rings. The Morgan fingerprint density at radius 1 is 1.42 bits per heavy atom. The van der Waals surface area contributed by atoms with E-state index in [0.717, 1.165) is 25.8 Å². The predicted octanol–water partition coefficient (Wildman–Crippen LogP) is 3.43. The van der Waals surface area contributed by atoms with Gasteiger partial charge in [0, 0.05) is 12.6 Å². The van der Waals surface area contributed by atoms with Gasteiger partial charge in [0.15, 0.2) is 11.6 Å². The van der Waals surface area contributed by atoms with Gasteiger partial charge in [-0.05, 0) is 25.2 Å². The largest absolute Gasteiger partial charge is 0.365 e. The van der Waals surface area contributed by atoms with Crippen LogP contribution in [0.25, 0.3) is 0 Å². The zero-order valence-corrected chi connectivity index (χ0v) is 11.7. The minimum Gasteiger partial charge on any atom is -0.365 e. The average molecular weight is 266 g/mol. The van der Waals surface area contributed by atoms with Crippen molar-refractivity contribution in [3.8, 4) is 0 Å². The summed E-state index contributed by atoms with van der Waals surface area (Å²) in [5, 5.41) is 6.31. The zero-order chi connectivity index (χ0) is 13.7. The molecular weight excluding hydrogens is 243 g/mol. The number of hydrogen-bond donors (Lipinski definition) is 2. The van der Waals surface area contributed by atoms with Crippen LogP contribution in [0, 0.1) is 11.7 Å². The fourth-order valence-corrected chi connectivity index (χ4v) is 2.55. The maximum atomic E-state index is 13.7. The number of halogens is 1. The Balaban J connectivity index is 2.01. The van der Waals surface area contributed by atoms with Crippen LogP contribution in [0.1, 0.15) is 46.0 Å². The molecule has 0 aromatic carbocycles. The molecule has 2 N–H and O–H groups in total. The van der Waals surface area contributed by atoms with Crippen LogP contribution >= 0.6 is 0 Å². The van der Waals surface area contributed by atoms with E-state index in [-0.39, 0.29) is 5.82 Å². The van der Waals surface area contributed by atoms with Crippen LogP contribution in [0.3, 0.4) is 0 Å². The Bertz CT molecular complexity index is 410. The fourth-order valence-electron chi connectivity index (χ4n) is 2.55. The molecule has 0 spiro atoms. The second-order valence-electron chi connectivity index (χ2n) is 5.43. The molecule has 1 saturated carbocycles. The van der Waals surface area contributed by atoms with Gasteiger partial charge in [0.1, 0.15) is 0 Å². The van der Waals surface area contributed by atoms with Gasteiger partial charge in [0.2, 0.25) is 5.95 Å². The maximum Gasteiger partial charge on any atom is 0.224 e. The van der Waals surface area contributed by atoms with Crippen molar-refractivity contribution in [2.45, 2.75) is 52.0 Å². The molecule has 0 amide bonds. The van der Waals surface area contributed by atoms with Crippen molar-refractivity contribution in [2.75, 3.05) is 17.2 Å². The molecule has 2 unspecified atom stereocenters. The van der Waals surface area contributed by atoms with Crippen molar-refractivity contribution < 1.29 is 4.39 Å². The summed E-state index contributed by atoms with van der Waals surface area (Å²) in [4.78, 5) is 8.17. The maximum absolute atomic E-state index is 13.7. The van der Waals surface area contributed by atoms with Crippen molar-refractivity contribution in [3.05, 3.63) is 12.0 Å². The van der Waals surface area contributed by atoms with Crippen molar-refractivity contribution in [1.29, 1.82) is 0 Å². The van der Waals surface area contributed by atoms with Crippen molar-refractivity contribution in [2.24, 2.45) is 5.92 Å². The highest BCUT2D eigenvalue weighted by Gasteiger charge is 2.20. The molecule has 1 aliphatic carbocycles. The van der Waals surface area contributed by atoms with E-state index in [1.54, 1.807) is 0 Å². The van der Waals surface area contributed by atoms with Crippen LogP contribution in [-0.4, -0.2) is 22.6 Å². The van der Waals surface area contributed by atoms with Gasteiger partial charge >= 0.3 is 0 Å². The molecule has 1 aromatic heterocycles. The summed E-state index contributed by atoms with van der Waals surface area (Å²) in [6.07, 6.45) is 6.87. The molecular formula is C14H23FN4. The molecule has 0 aliphatic heterocycles. The topological polar surface area (TPSA) is 49.8 Å². The van der Waals surface area contributed by atoms with Gasteiger partial charge in [-0.15, -0.1) is 0 Å². The van der Waals surface area contributed by atoms with E-state index in [1.807, 2.05) is 0 Å². The van der Waals surface area contributed by atoms with Gasteiger partial charge < -0.3 is 10.6 Å². The van der Waals surface area contributed by atoms with E-state index in [4.69, 9.17) is 0 Å². The molecule has 4 nitrogen and oxygen atoms in total. The van der Waals surface area contributed by atoms with E-state index < -0.39 is 0 Å². The smallest absolute Gasteiger partial charge is 0.224 e. The summed E-state index contributed by atoms with van der Waals surface area (Å²) < 4.78 is 13.7.